The monoisotopic (exact) mass is 209 g/mol. The molecule has 1 nitrogen and oxygen atoms in total. The van der Waals surface area contributed by atoms with Crippen molar-refractivity contribution in [2.45, 2.75) is 39.7 Å². The van der Waals surface area contributed by atoms with E-state index in [9.17, 15) is 4.39 Å². The molecule has 0 bridgehead atoms. The Balaban J connectivity index is 2.35. The van der Waals surface area contributed by atoms with Gasteiger partial charge in [0.1, 0.15) is 5.82 Å². The quantitative estimate of drug-likeness (QED) is 0.735. The van der Waals surface area contributed by atoms with Gasteiger partial charge in [0.25, 0.3) is 0 Å². The molecule has 15 heavy (non-hydrogen) atoms. The summed E-state index contributed by atoms with van der Waals surface area (Å²) in [7, 11) is 0. The normalized spacial score (nSPS) is 11.0. The number of benzene rings is 1. The lowest BCUT2D eigenvalue weighted by Gasteiger charge is -2.08. The summed E-state index contributed by atoms with van der Waals surface area (Å²) in [6.07, 6.45) is 2.00. The van der Waals surface area contributed by atoms with E-state index in [1.807, 2.05) is 12.1 Å². The highest BCUT2D eigenvalue weighted by Gasteiger charge is 1.99. The molecule has 0 aromatic heterocycles. The minimum atomic E-state index is -0.0932. The van der Waals surface area contributed by atoms with E-state index in [2.05, 4.69) is 19.2 Å². The van der Waals surface area contributed by atoms with E-state index in [1.165, 1.54) is 0 Å². The lowest BCUT2D eigenvalue weighted by molar-refractivity contribution is 0.568. The lowest BCUT2D eigenvalue weighted by atomic mass is 10.1. The van der Waals surface area contributed by atoms with Crippen LogP contribution in [0.4, 0.5) is 4.39 Å². The Labute approximate surface area is 91.7 Å². The Morgan fingerprint density at radius 1 is 1.33 bits per heavy atom. The number of rotatable bonds is 5. The number of hydrogen-bond donors (Lipinski definition) is 1. The zero-order valence-corrected chi connectivity index (χ0v) is 9.81. The molecule has 1 aromatic rings. The standard InChI is InChI=1S/C13H20FN/c1-10(2)15-8-4-5-12-7-6-11(3)13(14)9-12/h6-7,9-10,15H,4-5,8H2,1-3H3. The first-order chi connectivity index (χ1) is 7.09. The molecule has 0 spiro atoms. The molecule has 0 fully saturated rings. The maximum absolute atomic E-state index is 13.2. The molecule has 0 aliphatic carbocycles. The molecule has 1 aromatic carbocycles. The third kappa shape index (κ3) is 4.43. The largest absolute Gasteiger partial charge is 0.315 e. The van der Waals surface area contributed by atoms with Crippen LogP contribution in [0.3, 0.4) is 0 Å². The van der Waals surface area contributed by atoms with Gasteiger partial charge in [0, 0.05) is 6.04 Å². The van der Waals surface area contributed by atoms with E-state index >= 15 is 0 Å². The highest BCUT2D eigenvalue weighted by Crippen LogP contribution is 2.10. The van der Waals surface area contributed by atoms with Crippen molar-refractivity contribution in [3.63, 3.8) is 0 Å². The van der Waals surface area contributed by atoms with Crippen LogP contribution >= 0.6 is 0 Å². The second-order valence-corrected chi connectivity index (χ2v) is 4.30. The Morgan fingerprint density at radius 2 is 2.07 bits per heavy atom. The van der Waals surface area contributed by atoms with Gasteiger partial charge in [-0.2, -0.15) is 0 Å². The summed E-state index contributed by atoms with van der Waals surface area (Å²) in [6.45, 7) is 7.05. The van der Waals surface area contributed by atoms with Gasteiger partial charge in [0.15, 0.2) is 0 Å². The van der Waals surface area contributed by atoms with Gasteiger partial charge in [0.05, 0.1) is 0 Å². The molecule has 1 rings (SSSR count). The van der Waals surface area contributed by atoms with Gasteiger partial charge in [0.2, 0.25) is 0 Å². The van der Waals surface area contributed by atoms with Crippen molar-refractivity contribution < 1.29 is 4.39 Å². The average molecular weight is 209 g/mol. The van der Waals surface area contributed by atoms with Crippen LogP contribution in [0.5, 0.6) is 0 Å². The Bertz CT molecular complexity index is 307. The summed E-state index contributed by atoms with van der Waals surface area (Å²) >= 11 is 0. The van der Waals surface area contributed by atoms with Crippen LogP contribution in [0.15, 0.2) is 18.2 Å². The van der Waals surface area contributed by atoms with Gasteiger partial charge < -0.3 is 5.32 Å². The zero-order valence-electron chi connectivity index (χ0n) is 9.81. The molecule has 2 heteroatoms. The van der Waals surface area contributed by atoms with E-state index in [-0.39, 0.29) is 5.82 Å². The highest BCUT2D eigenvalue weighted by atomic mass is 19.1. The predicted molar refractivity (Wildman–Crippen MR) is 62.6 cm³/mol. The summed E-state index contributed by atoms with van der Waals surface area (Å²) in [5.74, 6) is -0.0932. The Morgan fingerprint density at radius 3 is 2.67 bits per heavy atom. The second-order valence-electron chi connectivity index (χ2n) is 4.30. The van der Waals surface area contributed by atoms with E-state index in [1.54, 1.807) is 13.0 Å². The van der Waals surface area contributed by atoms with Crippen molar-refractivity contribution in [2.24, 2.45) is 0 Å². The number of aryl methyl sites for hydroxylation is 2. The highest BCUT2D eigenvalue weighted by molar-refractivity contribution is 5.23. The smallest absolute Gasteiger partial charge is 0.126 e. The molecule has 0 radical (unpaired) electrons. The van der Waals surface area contributed by atoms with Crippen LogP contribution in [-0.4, -0.2) is 12.6 Å². The molecular weight excluding hydrogens is 189 g/mol. The van der Waals surface area contributed by atoms with E-state index in [4.69, 9.17) is 0 Å². The zero-order chi connectivity index (χ0) is 11.3. The summed E-state index contributed by atoms with van der Waals surface area (Å²) < 4.78 is 13.2. The van der Waals surface area contributed by atoms with Gasteiger partial charge in [-0.15, -0.1) is 0 Å². The van der Waals surface area contributed by atoms with Crippen LogP contribution in [0, 0.1) is 12.7 Å². The van der Waals surface area contributed by atoms with Crippen LogP contribution in [0.2, 0.25) is 0 Å². The van der Waals surface area contributed by atoms with Crippen molar-refractivity contribution in [1.82, 2.24) is 5.32 Å². The molecule has 0 saturated heterocycles. The van der Waals surface area contributed by atoms with Gasteiger partial charge in [-0.25, -0.2) is 4.39 Å². The average Bonchev–Trinajstić information content (AvgIpc) is 2.18. The molecule has 0 aliphatic rings. The summed E-state index contributed by atoms with van der Waals surface area (Å²) in [5, 5.41) is 3.35. The molecule has 0 saturated carbocycles. The van der Waals surface area contributed by atoms with Gasteiger partial charge in [-0.1, -0.05) is 26.0 Å². The van der Waals surface area contributed by atoms with E-state index in [0.717, 1.165) is 30.5 Å². The number of nitrogens with one attached hydrogen (secondary N) is 1. The van der Waals surface area contributed by atoms with Gasteiger partial charge in [-0.05, 0) is 43.5 Å². The van der Waals surface area contributed by atoms with Crippen molar-refractivity contribution >= 4 is 0 Å². The van der Waals surface area contributed by atoms with Gasteiger partial charge in [-0.3, -0.25) is 0 Å². The number of halogens is 1. The summed E-state index contributed by atoms with van der Waals surface area (Å²) in [4.78, 5) is 0. The first kappa shape index (κ1) is 12.2. The Kier molecular flexibility index (Phi) is 4.76. The van der Waals surface area contributed by atoms with E-state index < -0.39 is 0 Å². The third-order valence-electron chi connectivity index (χ3n) is 2.43. The predicted octanol–water partition coefficient (Wildman–Crippen LogP) is 3.06. The molecule has 0 heterocycles. The molecule has 0 amide bonds. The van der Waals surface area contributed by atoms with Crippen LogP contribution in [0.25, 0.3) is 0 Å². The molecule has 0 atom stereocenters. The summed E-state index contributed by atoms with van der Waals surface area (Å²) in [6, 6.07) is 6.03. The fraction of sp³-hybridized carbons (Fsp3) is 0.538. The maximum atomic E-state index is 13.2. The molecule has 0 aliphatic heterocycles. The SMILES string of the molecule is Cc1ccc(CCCNC(C)C)cc1F. The van der Waals surface area contributed by atoms with Crippen molar-refractivity contribution in [2.75, 3.05) is 6.54 Å². The molecule has 0 unspecified atom stereocenters. The van der Waals surface area contributed by atoms with Crippen molar-refractivity contribution in [1.29, 1.82) is 0 Å². The Hall–Kier alpha value is -0.890. The fourth-order valence-corrected chi connectivity index (χ4v) is 1.48. The topological polar surface area (TPSA) is 12.0 Å². The third-order valence-corrected chi connectivity index (χ3v) is 2.43. The number of hydrogen-bond acceptors (Lipinski definition) is 1. The minimum absolute atomic E-state index is 0.0932. The molecule has 84 valence electrons. The van der Waals surface area contributed by atoms with Crippen molar-refractivity contribution in [3.8, 4) is 0 Å². The maximum Gasteiger partial charge on any atom is 0.126 e. The second kappa shape index (κ2) is 5.86. The lowest BCUT2D eigenvalue weighted by Crippen LogP contribution is -2.23. The van der Waals surface area contributed by atoms with Crippen LogP contribution in [-0.2, 0) is 6.42 Å². The molecule has 1 N–H and O–H groups in total. The first-order valence-electron chi connectivity index (χ1n) is 5.58. The van der Waals surface area contributed by atoms with Gasteiger partial charge >= 0.3 is 0 Å². The summed E-state index contributed by atoms with van der Waals surface area (Å²) in [5.41, 5.74) is 1.81. The minimum Gasteiger partial charge on any atom is -0.315 e. The molecular formula is C13H20FN. The fourth-order valence-electron chi connectivity index (χ4n) is 1.48. The first-order valence-corrected chi connectivity index (χ1v) is 5.58. The van der Waals surface area contributed by atoms with Crippen LogP contribution in [0.1, 0.15) is 31.4 Å². The van der Waals surface area contributed by atoms with Crippen molar-refractivity contribution in [3.05, 3.63) is 35.1 Å². The van der Waals surface area contributed by atoms with Crippen LogP contribution < -0.4 is 5.32 Å². The van der Waals surface area contributed by atoms with E-state index in [0.29, 0.717) is 6.04 Å².